The van der Waals surface area contributed by atoms with E-state index in [9.17, 15) is 0 Å². The molecule has 0 spiro atoms. The lowest BCUT2D eigenvalue weighted by atomic mass is 9.92. The van der Waals surface area contributed by atoms with Gasteiger partial charge in [0.2, 0.25) is 0 Å². The van der Waals surface area contributed by atoms with Gasteiger partial charge in [-0.05, 0) is 44.7 Å². The molecule has 0 unspecified atom stereocenters. The maximum Gasteiger partial charge on any atom is 0.191 e. The van der Waals surface area contributed by atoms with Crippen molar-refractivity contribution in [3.05, 3.63) is 51.5 Å². The molecule has 2 N–H and O–H groups in total. The van der Waals surface area contributed by atoms with Crippen LogP contribution in [0.5, 0.6) is 0 Å². The van der Waals surface area contributed by atoms with Gasteiger partial charge in [0.1, 0.15) is 0 Å². The molecule has 3 rings (SSSR count). The van der Waals surface area contributed by atoms with Gasteiger partial charge in [0, 0.05) is 30.3 Å². The zero-order valence-corrected chi connectivity index (χ0v) is 19.0. The van der Waals surface area contributed by atoms with E-state index in [4.69, 9.17) is 4.99 Å². The second-order valence-corrected chi connectivity index (χ2v) is 7.89. The van der Waals surface area contributed by atoms with Gasteiger partial charge in [0.15, 0.2) is 5.96 Å². The van der Waals surface area contributed by atoms with Crippen LogP contribution in [0.4, 0.5) is 0 Å². The smallest absolute Gasteiger partial charge is 0.191 e. The number of rotatable bonds is 7. The highest BCUT2D eigenvalue weighted by Gasteiger charge is 2.44. The Balaban J connectivity index is 0.00000243. The van der Waals surface area contributed by atoms with E-state index in [2.05, 4.69) is 59.1 Å². The Labute approximate surface area is 177 Å². The van der Waals surface area contributed by atoms with Crippen LogP contribution in [0.15, 0.2) is 34.6 Å². The van der Waals surface area contributed by atoms with Crippen molar-refractivity contribution in [2.75, 3.05) is 19.6 Å². The van der Waals surface area contributed by atoms with Crippen LogP contribution in [0.3, 0.4) is 0 Å². The first kappa shape index (κ1) is 21.2. The zero-order valence-electron chi connectivity index (χ0n) is 15.8. The first-order valence-corrected chi connectivity index (χ1v) is 10.0. The Morgan fingerprint density at radius 3 is 2.62 bits per heavy atom. The molecule has 1 heterocycles. The average Bonchev–Trinajstić information content (AvgIpc) is 3.28. The largest absolute Gasteiger partial charge is 0.357 e. The van der Waals surface area contributed by atoms with Crippen LogP contribution in [0.25, 0.3) is 0 Å². The Bertz CT molecular complexity index is 737. The van der Waals surface area contributed by atoms with E-state index < -0.39 is 0 Å². The van der Waals surface area contributed by atoms with Crippen molar-refractivity contribution in [3.63, 3.8) is 0 Å². The van der Waals surface area contributed by atoms with Gasteiger partial charge in [-0.15, -0.1) is 35.3 Å². The molecular formula is C20H29IN4S. The monoisotopic (exact) mass is 484 g/mol. The minimum absolute atomic E-state index is 0. The van der Waals surface area contributed by atoms with Crippen molar-refractivity contribution < 1.29 is 0 Å². The maximum absolute atomic E-state index is 4.88. The molecule has 142 valence electrons. The summed E-state index contributed by atoms with van der Waals surface area (Å²) in [5, 5.41) is 10.1. The second kappa shape index (κ2) is 9.69. The zero-order chi connectivity index (χ0) is 17.7. The molecule has 1 aromatic heterocycles. The van der Waals surface area contributed by atoms with Crippen LogP contribution in [0.1, 0.15) is 41.6 Å². The van der Waals surface area contributed by atoms with Gasteiger partial charge in [-0.25, -0.2) is 4.98 Å². The number of nitrogens with zero attached hydrogens (tertiary/aromatic N) is 2. The number of halogens is 1. The van der Waals surface area contributed by atoms with Crippen molar-refractivity contribution in [2.24, 2.45) is 4.99 Å². The Morgan fingerprint density at radius 1 is 1.23 bits per heavy atom. The quantitative estimate of drug-likeness (QED) is 0.352. The summed E-state index contributed by atoms with van der Waals surface area (Å²) in [5.74, 6) is 0.911. The number of aliphatic imine (C=N–C) groups is 1. The van der Waals surface area contributed by atoms with Crippen LogP contribution in [-0.2, 0) is 11.8 Å². The Kier molecular flexibility index (Phi) is 7.88. The number of guanidine groups is 1. The number of benzene rings is 1. The van der Waals surface area contributed by atoms with Crippen LogP contribution in [0.2, 0.25) is 0 Å². The summed E-state index contributed by atoms with van der Waals surface area (Å²) in [6.45, 7) is 8.94. The van der Waals surface area contributed by atoms with Crippen LogP contribution in [-0.4, -0.2) is 30.6 Å². The molecule has 0 amide bonds. The van der Waals surface area contributed by atoms with Gasteiger partial charge in [0.25, 0.3) is 0 Å². The van der Waals surface area contributed by atoms with Crippen molar-refractivity contribution >= 4 is 41.3 Å². The molecule has 1 aliphatic rings. The molecule has 1 fully saturated rings. The third-order valence-corrected chi connectivity index (χ3v) is 5.62. The molecule has 26 heavy (non-hydrogen) atoms. The van der Waals surface area contributed by atoms with Crippen LogP contribution < -0.4 is 10.6 Å². The molecular weight excluding hydrogens is 455 g/mol. The molecule has 0 radical (unpaired) electrons. The lowest BCUT2D eigenvalue weighted by molar-refractivity contribution is 0.687. The van der Waals surface area contributed by atoms with Crippen LogP contribution in [0, 0.1) is 13.8 Å². The average molecular weight is 484 g/mol. The number of nitrogens with one attached hydrogen (secondary N) is 2. The van der Waals surface area contributed by atoms with E-state index in [1.165, 1.54) is 24.0 Å². The van der Waals surface area contributed by atoms with Gasteiger partial charge < -0.3 is 10.6 Å². The highest BCUT2D eigenvalue weighted by molar-refractivity contribution is 14.0. The van der Waals surface area contributed by atoms with E-state index in [1.54, 1.807) is 11.3 Å². The Morgan fingerprint density at radius 2 is 2.00 bits per heavy atom. The van der Waals surface area contributed by atoms with Gasteiger partial charge >= 0.3 is 0 Å². The summed E-state index contributed by atoms with van der Waals surface area (Å²) in [4.78, 5) is 9.39. The van der Waals surface area contributed by atoms with Gasteiger partial charge in [0.05, 0.1) is 17.2 Å². The summed E-state index contributed by atoms with van der Waals surface area (Å²) < 4.78 is 0. The first-order chi connectivity index (χ1) is 12.1. The summed E-state index contributed by atoms with van der Waals surface area (Å²) in [5.41, 5.74) is 4.25. The predicted molar refractivity (Wildman–Crippen MR) is 122 cm³/mol. The second-order valence-electron chi connectivity index (χ2n) is 6.83. The molecule has 0 bridgehead atoms. The molecule has 4 nitrogen and oxygen atoms in total. The van der Waals surface area contributed by atoms with E-state index in [-0.39, 0.29) is 29.4 Å². The minimum atomic E-state index is 0. The number of hydrogen-bond donors (Lipinski definition) is 2. The molecule has 1 saturated carbocycles. The highest BCUT2D eigenvalue weighted by Crippen LogP contribution is 2.49. The minimum Gasteiger partial charge on any atom is -0.357 e. The van der Waals surface area contributed by atoms with Gasteiger partial charge in [-0.3, -0.25) is 4.99 Å². The third-order valence-electron chi connectivity index (χ3n) is 4.79. The standard InChI is InChI=1S/C20H28N4S.HI/c1-4-21-19(22-12-9-17-13-25-16(3)24-17)23-14-20(10-11-20)18-8-6-5-7-15(18)2;/h5-8,13H,4,9-12,14H2,1-3H3,(H2,21,22,23);1H. The third kappa shape index (κ3) is 5.42. The summed E-state index contributed by atoms with van der Waals surface area (Å²) in [6, 6.07) is 8.73. The highest BCUT2D eigenvalue weighted by atomic mass is 127. The van der Waals surface area contributed by atoms with Crippen molar-refractivity contribution in [2.45, 2.75) is 45.4 Å². The van der Waals surface area contributed by atoms with Crippen molar-refractivity contribution in [1.29, 1.82) is 0 Å². The van der Waals surface area contributed by atoms with E-state index in [0.29, 0.717) is 0 Å². The maximum atomic E-state index is 4.88. The summed E-state index contributed by atoms with van der Waals surface area (Å²) in [6.07, 6.45) is 3.40. The molecule has 6 heteroatoms. The van der Waals surface area contributed by atoms with Crippen molar-refractivity contribution in [3.8, 4) is 0 Å². The molecule has 2 aromatic rings. The summed E-state index contributed by atoms with van der Waals surface area (Å²) >= 11 is 1.71. The van der Waals surface area contributed by atoms with E-state index >= 15 is 0 Å². The SMILES string of the molecule is CCNC(=NCC1(c2ccccc2C)CC1)NCCc1csc(C)n1.I. The molecule has 1 aliphatic carbocycles. The number of hydrogen-bond acceptors (Lipinski definition) is 3. The molecule has 1 aromatic carbocycles. The van der Waals surface area contributed by atoms with Crippen LogP contribution >= 0.6 is 35.3 Å². The van der Waals surface area contributed by atoms with Crippen molar-refractivity contribution in [1.82, 2.24) is 15.6 Å². The molecule has 0 aliphatic heterocycles. The topological polar surface area (TPSA) is 49.3 Å². The van der Waals surface area contributed by atoms with Gasteiger partial charge in [-0.2, -0.15) is 0 Å². The summed E-state index contributed by atoms with van der Waals surface area (Å²) in [7, 11) is 0. The number of thiazole rings is 1. The predicted octanol–water partition coefficient (Wildman–Crippen LogP) is 4.21. The van der Waals surface area contributed by atoms with E-state index in [1.807, 2.05) is 6.92 Å². The van der Waals surface area contributed by atoms with Gasteiger partial charge in [-0.1, -0.05) is 24.3 Å². The van der Waals surface area contributed by atoms with E-state index in [0.717, 1.165) is 42.7 Å². The fourth-order valence-electron chi connectivity index (χ4n) is 3.24. The number of aryl methyl sites for hydroxylation is 2. The fraction of sp³-hybridized carbons (Fsp3) is 0.500. The fourth-order valence-corrected chi connectivity index (χ4v) is 3.88. The Hall–Kier alpha value is -1.15. The first-order valence-electron chi connectivity index (χ1n) is 9.12. The lowest BCUT2D eigenvalue weighted by Gasteiger charge is -2.17. The lowest BCUT2D eigenvalue weighted by Crippen LogP contribution is -2.39. The normalized spacial score (nSPS) is 15.3. The number of aromatic nitrogens is 1. The molecule has 0 saturated heterocycles. The molecule has 0 atom stereocenters.